The molecule has 0 aromatic carbocycles. The molecule has 0 spiro atoms. The summed E-state index contributed by atoms with van der Waals surface area (Å²) in [5.41, 5.74) is -1.96. The molecule has 6 heteroatoms. The van der Waals surface area contributed by atoms with Crippen LogP contribution in [0.4, 0.5) is 13.2 Å². The summed E-state index contributed by atoms with van der Waals surface area (Å²) in [6.45, 7) is 2.14. The van der Waals surface area contributed by atoms with E-state index in [1.165, 1.54) is 0 Å². The molecule has 1 atom stereocenters. The minimum absolute atomic E-state index is 0.199. The van der Waals surface area contributed by atoms with Gasteiger partial charge in [-0.2, -0.15) is 13.2 Å². The SMILES string of the molecule is CCOC1(C(O)c2cnccc2C(F)(F)F)CCCC1. The first-order valence-electron chi connectivity index (χ1n) is 6.74. The lowest BCUT2D eigenvalue weighted by Crippen LogP contribution is -2.37. The van der Waals surface area contributed by atoms with Gasteiger partial charge in [0.25, 0.3) is 0 Å². The van der Waals surface area contributed by atoms with Crippen molar-refractivity contribution in [1.82, 2.24) is 4.98 Å². The number of ether oxygens (including phenoxy) is 1. The van der Waals surface area contributed by atoms with Gasteiger partial charge in [0.05, 0.1) is 11.2 Å². The molecule has 1 aliphatic rings. The van der Waals surface area contributed by atoms with E-state index in [1.54, 1.807) is 6.92 Å². The number of hydrogen-bond donors (Lipinski definition) is 1. The molecule has 112 valence electrons. The van der Waals surface area contributed by atoms with Crippen LogP contribution in [0.5, 0.6) is 0 Å². The van der Waals surface area contributed by atoms with E-state index in [0.717, 1.165) is 31.3 Å². The number of pyridine rings is 1. The standard InChI is InChI=1S/C14H18F3NO2/c1-2-20-13(6-3-4-7-13)12(19)10-9-18-8-5-11(10)14(15,16)17/h5,8-9,12,19H,2-4,6-7H2,1H3. The van der Waals surface area contributed by atoms with Crippen LogP contribution < -0.4 is 0 Å². The predicted molar refractivity (Wildman–Crippen MR) is 67.0 cm³/mol. The molecule has 1 aromatic rings. The second-order valence-corrected chi connectivity index (χ2v) is 5.07. The predicted octanol–water partition coefficient (Wildman–Crippen LogP) is 3.48. The van der Waals surface area contributed by atoms with Crippen LogP contribution in [-0.2, 0) is 10.9 Å². The number of aliphatic hydroxyl groups excluding tert-OH is 1. The molecule has 1 heterocycles. The fourth-order valence-electron chi connectivity index (χ4n) is 2.92. The van der Waals surface area contributed by atoms with Gasteiger partial charge in [0.15, 0.2) is 0 Å². The Labute approximate surface area is 115 Å². The third-order valence-corrected chi connectivity index (χ3v) is 3.83. The van der Waals surface area contributed by atoms with Gasteiger partial charge in [-0.05, 0) is 25.8 Å². The van der Waals surface area contributed by atoms with Gasteiger partial charge in [-0.1, -0.05) is 12.8 Å². The van der Waals surface area contributed by atoms with Crippen molar-refractivity contribution in [2.45, 2.75) is 50.5 Å². The Morgan fingerprint density at radius 2 is 2.05 bits per heavy atom. The largest absolute Gasteiger partial charge is 0.416 e. The normalized spacial score (nSPS) is 20.1. The Bertz CT molecular complexity index is 456. The molecule has 1 saturated carbocycles. The minimum Gasteiger partial charge on any atom is -0.385 e. The van der Waals surface area contributed by atoms with Crippen molar-refractivity contribution >= 4 is 0 Å². The Hall–Kier alpha value is -1.14. The van der Waals surface area contributed by atoms with E-state index < -0.39 is 23.4 Å². The summed E-state index contributed by atoms with van der Waals surface area (Å²) in [6, 6.07) is 0.896. The Morgan fingerprint density at radius 3 is 2.60 bits per heavy atom. The number of aromatic nitrogens is 1. The van der Waals surface area contributed by atoms with Gasteiger partial charge in [0, 0.05) is 24.6 Å². The van der Waals surface area contributed by atoms with Gasteiger partial charge in [0.1, 0.15) is 6.10 Å². The first-order valence-corrected chi connectivity index (χ1v) is 6.74. The van der Waals surface area contributed by atoms with Crippen molar-refractivity contribution in [3.8, 4) is 0 Å². The highest BCUT2D eigenvalue weighted by Crippen LogP contribution is 2.45. The molecule has 1 N–H and O–H groups in total. The van der Waals surface area contributed by atoms with Gasteiger partial charge >= 0.3 is 6.18 Å². The fraction of sp³-hybridized carbons (Fsp3) is 0.643. The van der Waals surface area contributed by atoms with Crippen molar-refractivity contribution in [2.24, 2.45) is 0 Å². The van der Waals surface area contributed by atoms with E-state index in [0.29, 0.717) is 19.4 Å². The van der Waals surface area contributed by atoms with Crippen molar-refractivity contribution in [3.05, 3.63) is 29.6 Å². The first kappa shape index (κ1) is 15.3. The molecule has 0 aliphatic heterocycles. The highest BCUT2D eigenvalue weighted by molar-refractivity contribution is 5.30. The monoisotopic (exact) mass is 289 g/mol. The van der Waals surface area contributed by atoms with Crippen LogP contribution in [0.15, 0.2) is 18.5 Å². The molecule has 2 rings (SSSR count). The Kier molecular flexibility index (Phi) is 4.34. The third kappa shape index (κ3) is 2.81. The molecule has 0 amide bonds. The number of hydrogen-bond acceptors (Lipinski definition) is 3. The van der Waals surface area contributed by atoms with E-state index in [2.05, 4.69) is 4.98 Å². The fourth-order valence-corrected chi connectivity index (χ4v) is 2.92. The highest BCUT2D eigenvalue weighted by Gasteiger charge is 2.45. The average Bonchev–Trinajstić information content (AvgIpc) is 2.87. The summed E-state index contributed by atoms with van der Waals surface area (Å²) in [5.74, 6) is 0. The number of aliphatic hydroxyl groups is 1. The summed E-state index contributed by atoms with van der Waals surface area (Å²) in [5, 5.41) is 10.5. The second kappa shape index (κ2) is 5.69. The molecule has 20 heavy (non-hydrogen) atoms. The zero-order chi connectivity index (χ0) is 14.8. The van der Waals surface area contributed by atoms with E-state index in [4.69, 9.17) is 4.74 Å². The van der Waals surface area contributed by atoms with Crippen molar-refractivity contribution < 1.29 is 23.0 Å². The van der Waals surface area contributed by atoms with Crippen LogP contribution >= 0.6 is 0 Å². The summed E-state index contributed by atoms with van der Waals surface area (Å²) >= 11 is 0. The van der Waals surface area contributed by atoms with Crippen molar-refractivity contribution in [3.63, 3.8) is 0 Å². The molecule has 0 bridgehead atoms. The molecule has 3 nitrogen and oxygen atoms in total. The maximum atomic E-state index is 13.0. The van der Waals surface area contributed by atoms with Crippen molar-refractivity contribution in [1.29, 1.82) is 0 Å². The summed E-state index contributed by atoms with van der Waals surface area (Å²) in [6.07, 6.45) is -0.825. The maximum absolute atomic E-state index is 13.0. The number of alkyl halides is 3. The zero-order valence-corrected chi connectivity index (χ0v) is 11.3. The van der Waals surface area contributed by atoms with Crippen LogP contribution in [-0.4, -0.2) is 22.3 Å². The topological polar surface area (TPSA) is 42.4 Å². The van der Waals surface area contributed by atoms with Gasteiger partial charge in [-0.15, -0.1) is 0 Å². The van der Waals surface area contributed by atoms with Gasteiger partial charge in [-0.3, -0.25) is 4.98 Å². The molecule has 1 aromatic heterocycles. The lowest BCUT2D eigenvalue weighted by molar-refractivity contribution is -0.146. The second-order valence-electron chi connectivity index (χ2n) is 5.07. The lowest BCUT2D eigenvalue weighted by Gasteiger charge is -2.35. The Morgan fingerprint density at radius 1 is 1.40 bits per heavy atom. The minimum atomic E-state index is -4.51. The van der Waals surface area contributed by atoms with Gasteiger partial charge in [0.2, 0.25) is 0 Å². The van der Waals surface area contributed by atoms with E-state index in [-0.39, 0.29) is 5.56 Å². The molecular weight excluding hydrogens is 271 g/mol. The van der Waals surface area contributed by atoms with Crippen LogP contribution in [0.25, 0.3) is 0 Å². The van der Waals surface area contributed by atoms with E-state index in [9.17, 15) is 18.3 Å². The summed E-state index contributed by atoms with van der Waals surface area (Å²) < 4.78 is 44.7. The molecule has 1 unspecified atom stereocenters. The van der Waals surface area contributed by atoms with Crippen LogP contribution in [0.3, 0.4) is 0 Å². The number of nitrogens with zero attached hydrogens (tertiary/aromatic N) is 1. The quantitative estimate of drug-likeness (QED) is 0.922. The van der Waals surface area contributed by atoms with Crippen LogP contribution in [0, 0.1) is 0 Å². The lowest BCUT2D eigenvalue weighted by atomic mass is 9.87. The van der Waals surface area contributed by atoms with E-state index >= 15 is 0 Å². The molecule has 1 aliphatic carbocycles. The average molecular weight is 289 g/mol. The van der Waals surface area contributed by atoms with Crippen molar-refractivity contribution in [2.75, 3.05) is 6.61 Å². The Balaban J connectivity index is 2.40. The molecule has 0 saturated heterocycles. The number of halogens is 3. The summed E-state index contributed by atoms with van der Waals surface area (Å²) in [7, 11) is 0. The zero-order valence-electron chi connectivity index (χ0n) is 11.3. The number of rotatable bonds is 4. The molecule has 1 fully saturated rings. The molecule has 0 radical (unpaired) electrons. The molecular formula is C14H18F3NO2. The highest BCUT2D eigenvalue weighted by atomic mass is 19.4. The van der Waals surface area contributed by atoms with Crippen LogP contribution in [0.2, 0.25) is 0 Å². The van der Waals surface area contributed by atoms with Crippen LogP contribution in [0.1, 0.15) is 49.8 Å². The van der Waals surface area contributed by atoms with E-state index in [1.807, 2.05) is 0 Å². The van der Waals surface area contributed by atoms with Gasteiger partial charge < -0.3 is 9.84 Å². The van der Waals surface area contributed by atoms with Gasteiger partial charge in [-0.25, -0.2) is 0 Å². The third-order valence-electron chi connectivity index (χ3n) is 3.83. The summed E-state index contributed by atoms with van der Waals surface area (Å²) in [4.78, 5) is 3.73. The maximum Gasteiger partial charge on any atom is 0.416 e. The first-order chi connectivity index (χ1) is 9.41. The smallest absolute Gasteiger partial charge is 0.385 e.